The monoisotopic (exact) mass is 484 g/mol. The number of nitrogens with one attached hydrogen (secondary N) is 1. The van der Waals surface area contributed by atoms with Crippen molar-refractivity contribution < 1.29 is 21.2 Å². The first-order valence-corrected chi connectivity index (χ1v) is 12.7. The Bertz CT molecular complexity index is 978. The van der Waals surface area contributed by atoms with Gasteiger partial charge >= 0.3 is 0 Å². The number of hydrogen-bond acceptors (Lipinski definition) is 4. The third-order valence-electron chi connectivity index (χ3n) is 4.56. The number of allylic oxidation sites excluding steroid dienone is 2. The van der Waals surface area contributed by atoms with Gasteiger partial charge in [0, 0.05) is 11.1 Å². The summed E-state index contributed by atoms with van der Waals surface area (Å²) in [7, 11) is -6.29. The third kappa shape index (κ3) is 6.02. The Balaban J connectivity index is 2.39. The molecule has 29 heavy (non-hydrogen) atoms. The molecule has 3 atom stereocenters. The van der Waals surface area contributed by atoms with Gasteiger partial charge in [-0.25, -0.2) is 25.9 Å². The van der Waals surface area contributed by atoms with Gasteiger partial charge in [0.05, 0.1) is 16.7 Å². The molecule has 11 heteroatoms. The lowest BCUT2D eigenvalue weighted by molar-refractivity contribution is 0.179. The van der Waals surface area contributed by atoms with Crippen LogP contribution in [0, 0.1) is 0 Å². The van der Waals surface area contributed by atoms with Crippen LogP contribution in [-0.4, -0.2) is 51.2 Å². The molecule has 1 aromatic carbocycles. The molecule has 3 unspecified atom stereocenters. The summed E-state index contributed by atoms with van der Waals surface area (Å²) in [5.41, 5.74) is 0. The fourth-order valence-corrected chi connectivity index (χ4v) is 6.03. The van der Waals surface area contributed by atoms with Gasteiger partial charge in [-0.15, -0.1) is 0 Å². The molecule has 0 radical (unpaired) electrons. The molecule has 0 fully saturated rings. The fourth-order valence-electron chi connectivity index (χ4n) is 3.02. The second-order valence-electron chi connectivity index (χ2n) is 6.67. The largest absolute Gasteiger partial charge is 0.244 e. The van der Waals surface area contributed by atoms with E-state index in [1.807, 2.05) is 0 Å². The Kier molecular flexibility index (Phi) is 7.92. The first-order valence-electron chi connectivity index (χ1n) is 8.85. The molecular weight excluding hydrogens is 462 g/mol. The summed E-state index contributed by atoms with van der Waals surface area (Å²) in [4.78, 5) is -0.0629. The first-order chi connectivity index (χ1) is 13.4. The van der Waals surface area contributed by atoms with E-state index in [0.717, 1.165) is 10.4 Å². The molecule has 0 spiro atoms. The maximum atomic E-state index is 15.0. The second-order valence-corrected chi connectivity index (χ2v) is 11.6. The van der Waals surface area contributed by atoms with Crippen molar-refractivity contribution in [3.05, 3.63) is 53.6 Å². The van der Waals surface area contributed by atoms with Crippen molar-refractivity contribution in [1.82, 2.24) is 9.03 Å². The van der Waals surface area contributed by atoms with Crippen LogP contribution in [0.25, 0.3) is 0 Å². The number of nitrogens with zero attached hydrogens (tertiary/aromatic N) is 1. The van der Waals surface area contributed by atoms with E-state index in [9.17, 15) is 16.8 Å². The minimum absolute atomic E-state index is 0.0629. The van der Waals surface area contributed by atoms with Crippen molar-refractivity contribution in [2.45, 2.75) is 41.9 Å². The summed E-state index contributed by atoms with van der Waals surface area (Å²) < 4.78 is 68.2. The first kappa shape index (κ1) is 24.3. The number of sulfonamides is 2. The topological polar surface area (TPSA) is 83.6 Å². The quantitative estimate of drug-likeness (QED) is 0.544. The van der Waals surface area contributed by atoms with Crippen LogP contribution >= 0.6 is 23.2 Å². The van der Waals surface area contributed by atoms with Gasteiger partial charge in [-0.3, -0.25) is 0 Å². The van der Waals surface area contributed by atoms with Crippen molar-refractivity contribution in [1.29, 1.82) is 0 Å². The Morgan fingerprint density at radius 3 is 2.38 bits per heavy atom. The van der Waals surface area contributed by atoms with Crippen molar-refractivity contribution in [3.8, 4) is 0 Å². The van der Waals surface area contributed by atoms with Gasteiger partial charge in [-0.1, -0.05) is 41.4 Å². The Labute approximate surface area is 181 Å². The molecule has 162 valence electrons. The molecule has 1 N–H and O–H groups in total. The minimum atomic E-state index is -4.16. The highest BCUT2D eigenvalue weighted by atomic mass is 35.5. The van der Waals surface area contributed by atoms with Crippen molar-refractivity contribution >= 4 is 43.2 Å². The van der Waals surface area contributed by atoms with Crippen molar-refractivity contribution in [2.24, 2.45) is 0 Å². The van der Waals surface area contributed by atoms with E-state index in [1.165, 1.54) is 49.5 Å². The number of halogens is 3. The minimum Gasteiger partial charge on any atom is -0.219 e. The van der Waals surface area contributed by atoms with Gasteiger partial charge in [0.2, 0.25) is 25.2 Å². The zero-order chi connectivity index (χ0) is 21.9. The highest BCUT2D eigenvalue weighted by molar-refractivity contribution is 7.89. The Morgan fingerprint density at radius 1 is 1.21 bits per heavy atom. The van der Waals surface area contributed by atoms with E-state index in [0.29, 0.717) is 5.02 Å². The summed E-state index contributed by atoms with van der Waals surface area (Å²) in [6.45, 7) is 1.60. The van der Waals surface area contributed by atoms with Crippen molar-refractivity contribution in [3.63, 3.8) is 0 Å². The molecule has 0 aromatic heterocycles. The molecule has 6 nitrogen and oxygen atoms in total. The highest BCUT2D eigenvalue weighted by Gasteiger charge is 2.45. The van der Waals surface area contributed by atoms with Crippen LogP contribution in [0.5, 0.6) is 0 Å². The average Bonchev–Trinajstić information content (AvgIpc) is 2.63. The van der Waals surface area contributed by atoms with E-state index >= 15 is 4.39 Å². The van der Waals surface area contributed by atoms with Crippen LogP contribution in [-0.2, 0) is 20.0 Å². The van der Waals surface area contributed by atoms with E-state index in [2.05, 4.69) is 4.72 Å². The van der Waals surface area contributed by atoms with E-state index in [4.69, 9.17) is 23.2 Å². The molecule has 0 amide bonds. The van der Waals surface area contributed by atoms with Gasteiger partial charge in [0.1, 0.15) is 0 Å². The smallest absolute Gasteiger partial charge is 0.219 e. The zero-order valence-electron chi connectivity index (χ0n) is 15.9. The number of hydrogen-bond donors (Lipinski definition) is 1. The van der Waals surface area contributed by atoms with E-state index < -0.39 is 37.3 Å². The lowest BCUT2D eigenvalue weighted by atomic mass is 10.0. The molecule has 1 aliphatic rings. The van der Waals surface area contributed by atoms with Crippen LogP contribution < -0.4 is 4.72 Å². The maximum absolute atomic E-state index is 15.0. The number of alkyl halides is 2. The summed E-state index contributed by atoms with van der Waals surface area (Å²) in [5.74, 6) is -0.176. The average molecular weight is 485 g/mol. The van der Waals surface area contributed by atoms with Gasteiger partial charge in [0.15, 0.2) is 0 Å². The molecule has 2 rings (SSSR count). The van der Waals surface area contributed by atoms with E-state index in [1.54, 1.807) is 6.92 Å². The normalized spacial score (nSPS) is 23.4. The third-order valence-corrected chi connectivity index (χ3v) is 8.62. The lowest BCUT2D eigenvalue weighted by Crippen LogP contribution is -2.52. The van der Waals surface area contributed by atoms with E-state index in [-0.39, 0.29) is 23.5 Å². The van der Waals surface area contributed by atoms with Crippen molar-refractivity contribution in [2.75, 3.05) is 12.8 Å². The summed E-state index contributed by atoms with van der Waals surface area (Å²) in [5, 5.41) is -2.09. The van der Waals surface area contributed by atoms with Crippen LogP contribution in [0.1, 0.15) is 19.8 Å². The lowest BCUT2D eigenvalue weighted by Gasteiger charge is -2.38. The number of rotatable bonds is 9. The van der Waals surface area contributed by atoms with Crippen LogP contribution in [0.4, 0.5) is 4.39 Å². The maximum Gasteiger partial charge on any atom is 0.244 e. The molecule has 0 bridgehead atoms. The Hall–Kier alpha value is -0.970. The Morgan fingerprint density at radius 2 is 1.83 bits per heavy atom. The zero-order valence-corrected chi connectivity index (χ0v) is 19.1. The summed E-state index contributed by atoms with van der Waals surface area (Å²) >= 11 is 11.8. The summed E-state index contributed by atoms with van der Waals surface area (Å²) in [6, 6.07) is 3.50. The predicted molar refractivity (Wildman–Crippen MR) is 114 cm³/mol. The van der Waals surface area contributed by atoms with Crippen LogP contribution in [0.2, 0.25) is 5.02 Å². The second kappa shape index (κ2) is 9.45. The van der Waals surface area contributed by atoms with Gasteiger partial charge < -0.3 is 0 Å². The molecule has 0 saturated carbocycles. The van der Waals surface area contributed by atoms with Gasteiger partial charge in [-0.2, -0.15) is 4.31 Å². The SMILES string of the molecule is CNS(=O)(=O)CCCC(C)N(C1C=CC=CC1(F)Cl)S(=O)(=O)c1ccc(Cl)cc1. The molecule has 0 aliphatic heterocycles. The van der Waals surface area contributed by atoms with Crippen LogP contribution in [0.15, 0.2) is 53.5 Å². The molecule has 0 saturated heterocycles. The molecule has 0 heterocycles. The molecule has 1 aliphatic carbocycles. The van der Waals surface area contributed by atoms with Gasteiger partial charge in [0.25, 0.3) is 0 Å². The molecule has 1 aromatic rings. The predicted octanol–water partition coefficient (Wildman–Crippen LogP) is 3.45. The number of benzene rings is 1. The van der Waals surface area contributed by atoms with Crippen LogP contribution in [0.3, 0.4) is 0 Å². The molecular formula is C18H23Cl2FN2O4S2. The van der Waals surface area contributed by atoms with Gasteiger partial charge in [-0.05, 0) is 57.2 Å². The fraction of sp³-hybridized carbons (Fsp3) is 0.444. The highest BCUT2D eigenvalue weighted by Crippen LogP contribution is 2.36. The standard InChI is InChI=1S/C18H23Cl2FN2O4S2/c1-14(6-5-13-28(24,25)22-2)23(17-7-3-4-12-18(17,20)21)29(26,27)16-10-8-15(19)9-11-16/h3-4,7-12,14,17,22H,5-6,13H2,1-2H3. The summed E-state index contributed by atoms with van der Waals surface area (Å²) in [6.07, 6.45) is 5.76.